The lowest BCUT2D eigenvalue weighted by Crippen LogP contribution is -2.52. The molecule has 184 valence electrons. The number of aryl methyl sites for hydroxylation is 1. The minimum Gasteiger partial charge on any atom is -0.484 e. The van der Waals surface area contributed by atoms with Gasteiger partial charge in [0.2, 0.25) is 5.91 Å². The van der Waals surface area contributed by atoms with Gasteiger partial charge in [-0.2, -0.15) is 0 Å². The Morgan fingerprint density at radius 3 is 2.31 bits per heavy atom. The number of ether oxygens (including phenoxy) is 1. The van der Waals surface area contributed by atoms with E-state index >= 15 is 0 Å². The molecule has 5 nitrogen and oxygen atoms in total. The van der Waals surface area contributed by atoms with Crippen LogP contribution in [0.15, 0.2) is 77.3 Å². The smallest absolute Gasteiger partial charge is 0.261 e. The molecule has 0 saturated heterocycles. The maximum Gasteiger partial charge on any atom is 0.261 e. The number of nitrogens with one attached hydrogen (secondary N) is 1. The third-order valence-electron chi connectivity index (χ3n) is 5.46. The molecule has 0 aliphatic rings. The van der Waals surface area contributed by atoms with Gasteiger partial charge in [-0.05, 0) is 67.8 Å². The van der Waals surface area contributed by atoms with E-state index in [0.29, 0.717) is 12.2 Å². The van der Waals surface area contributed by atoms with Crippen molar-refractivity contribution in [1.82, 2.24) is 10.2 Å². The third kappa shape index (κ3) is 7.92. The Morgan fingerprint density at radius 1 is 1.00 bits per heavy atom. The highest BCUT2D eigenvalue weighted by molar-refractivity contribution is 9.10. The van der Waals surface area contributed by atoms with E-state index in [4.69, 9.17) is 4.74 Å². The van der Waals surface area contributed by atoms with Crippen LogP contribution in [0.2, 0.25) is 0 Å². The van der Waals surface area contributed by atoms with Crippen molar-refractivity contribution in [2.24, 2.45) is 0 Å². The number of amides is 2. The predicted octanol–water partition coefficient (Wildman–Crippen LogP) is 5.44. The minimum absolute atomic E-state index is 0.0921. The quantitative estimate of drug-likeness (QED) is 0.372. The molecule has 0 bridgehead atoms. The maximum absolute atomic E-state index is 13.5. The number of carbonyl (C=O) groups excluding carboxylic acids is 2. The topological polar surface area (TPSA) is 58.6 Å². The van der Waals surface area contributed by atoms with Crippen molar-refractivity contribution < 1.29 is 18.7 Å². The van der Waals surface area contributed by atoms with E-state index in [1.54, 1.807) is 18.2 Å². The fourth-order valence-electron chi connectivity index (χ4n) is 3.66. The van der Waals surface area contributed by atoms with E-state index in [-0.39, 0.29) is 36.8 Å². The van der Waals surface area contributed by atoms with Gasteiger partial charge < -0.3 is 15.0 Å². The number of carbonyl (C=O) groups is 2. The van der Waals surface area contributed by atoms with Gasteiger partial charge in [-0.15, -0.1) is 0 Å². The van der Waals surface area contributed by atoms with Gasteiger partial charge in [0.05, 0.1) is 0 Å². The molecule has 0 saturated carbocycles. The second kappa shape index (κ2) is 12.5. The summed E-state index contributed by atoms with van der Waals surface area (Å²) in [5.41, 5.74) is 2.63. The molecular weight excluding hydrogens is 511 g/mol. The molecule has 3 aromatic rings. The summed E-state index contributed by atoms with van der Waals surface area (Å²) in [6.45, 7) is 5.60. The van der Waals surface area contributed by atoms with Crippen LogP contribution < -0.4 is 10.1 Å². The van der Waals surface area contributed by atoms with Crippen LogP contribution in [0.3, 0.4) is 0 Å². The monoisotopic (exact) mass is 540 g/mol. The standard InChI is InChI=1S/C28H30BrFN2O3/c1-19(2)31-28(34)26(16-21-7-5-4-6-8-21)32(17-22-9-11-23(30)12-10-22)27(33)18-35-24-13-14-25(29)20(3)15-24/h4-15,19,26H,16-18H2,1-3H3,(H,31,34). The van der Waals surface area contributed by atoms with E-state index in [2.05, 4.69) is 21.2 Å². The zero-order valence-corrected chi connectivity index (χ0v) is 21.7. The van der Waals surface area contributed by atoms with Crippen molar-refractivity contribution in [2.45, 2.75) is 45.8 Å². The first-order valence-corrected chi connectivity index (χ1v) is 12.3. The van der Waals surface area contributed by atoms with Crippen molar-refractivity contribution in [3.63, 3.8) is 0 Å². The molecule has 0 radical (unpaired) electrons. The Kier molecular flexibility index (Phi) is 9.43. The Hall–Kier alpha value is -3.19. The van der Waals surface area contributed by atoms with Gasteiger partial charge >= 0.3 is 0 Å². The van der Waals surface area contributed by atoms with E-state index in [1.807, 2.05) is 63.2 Å². The van der Waals surface area contributed by atoms with Gasteiger partial charge in [0.1, 0.15) is 17.6 Å². The first kappa shape index (κ1) is 26.4. The van der Waals surface area contributed by atoms with E-state index in [9.17, 15) is 14.0 Å². The van der Waals surface area contributed by atoms with Gasteiger partial charge in [-0.3, -0.25) is 9.59 Å². The van der Waals surface area contributed by atoms with Crippen LogP contribution in [0.25, 0.3) is 0 Å². The summed E-state index contributed by atoms with van der Waals surface area (Å²) >= 11 is 3.46. The van der Waals surface area contributed by atoms with Crippen molar-refractivity contribution in [1.29, 1.82) is 0 Å². The van der Waals surface area contributed by atoms with Crippen molar-refractivity contribution in [3.8, 4) is 5.75 Å². The molecule has 0 aliphatic carbocycles. The molecule has 1 atom stereocenters. The molecule has 1 unspecified atom stereocenters. The highest BCUT2D eigenvalue weighted by atomic mass is 79.9. The lowest BCUT2D eigenvalue weighted by Gasteiger charge is -2.32. The molecule has 3 aromatic carbocycles. The van der Waals surface area contributed by atoms with Crippen molar-refractivity contribution in [3.05, 3.63) is 99.8 Å². The molecule has 0 heterocycles. The lowest BCUT2D eigenvalue weighted by atomic mass is 10.0. The average molecular weight is 541 g/mol. The summed E-state index contributed by atoms with van der Waals surface area (Å²) in [5, 5.41) is 2.94. The summed E-state index contributed by atoms with van der Waals surface area (Å²) in [4.78, 5) is 28.3. The Labute approximate surface area is 214 Å². The molecule has 0 fully saturated rings. The van der Waals surface area contributed by atoms with Gasteiger partial charge in [-0.1, -0.05) is 58.4 Å². The van der Waals surface area contributed by atoms with E-state index in [0.717, 1.165) is 21.2 Å². The number of rotatable bonds is 10. The maximum atomic E-state index is 13.5. The predicted molar refractivity (Wildman–Crippen MR) is 139 cm³/mol. The number of halogens is 2. The summed E-state index contributed by atoms with van der Waals surface area (Å²) in [5.74, 6) is -0.389. The molecule has 7 heteroatoms. The normalized spacial score (nSPS) is 11.7. The van der Waals surface area contributed by atoms with Crippen molar-refractivity contribution >= 4 is 27.7 Å². The largest absolute Gasteiger partial charge is 0.484 e. The third-order valence-corrected chi connectivity index (χ3v) is 6.35. The van der Waals surface area contributed by atoms with E-state index in [1.165, 1.54) is 17.0 Å². The number of benzene rings is 3. The zero-order chi connectivity index (χ0) is 25.4. The molecule has 0 aliphatic heterocycles. The molecule has 3 rings (SSSR count). The summed E-state index contributed by atoms with van der Waals surface area (Å²) in [6, 6.07) is 20.1. The minimum atomic E-state index is -0.771. The van der Waals surface area contributed by atoms with Gasteiger partial charge in [0.25, 0.3) is 5.91 Å². The SMILES string of the molecule is Cc1cc(OCC(=O)N(Cc2ccc(F)cc2)C(Cc2ccccc2)C(=O)NC(C)C)ccc1Br. The van der Waals surface area contributed by atoms with Crippen LogP contribution in [0.1, 0.15) is 30.5 Å². The molecule has 2 amide bonds. The van der Waals surface area contributed by atoms with E-state index < -0.39 is 6.04 Å². The highest BCUT2D eigenvalue weighted by Gasteiger charge is 2.31. The lowest BCUT2D eigenvalue weighted by molar-refractivity contribution is -0.143. The fourth-order valence-corrected chi connectivity index (χ4v) is 3.90. The molecule has 35 heavy (non-hydrogen) atoms. The molecular formula is C28H30BrFN2O3. The highest BCUT2D eigenvalue weighted by Crippen LogP contribution is 2.22. The first-order chi connectivity index (χ1) is 16.7. The summed E-state index contributed by atoms with van der Waals surface area (Å²) in [7, 11) is 0. The Balaban J connectivity index is 1.90. The average Bonchev–Trinajstić information content (AvgIpc) is 2.83. The Bertz CT molecular complexity index is 1140. The fraction of sp³-hybridized carbons (Fsp3) is 0.286. The Morgan fingerprint density at radius 2 is 1.69 bits per heavy atom. The van der Waals surface area contributed by atoms with Gasteiger partial charge in [0, 0.05) is 23.5 Å². The summed E-state index contributed by atoms with van der Waals surface area (Å²) < 4.78 is 20.2. The first-order valence-electron chi connectivity index (χ1n) is 11.5. The van der Waals surface area contributed by atoms with Crippen LogP contribution in [-0.4, -0.2) is 35.4 Å². The van der Waals surface area contributed by atoms with Crippen molar-refractivity contribution in [2.75, 3.05) is 6.61 Å². The second-order valence-corrected chi connectivity index (χ2v) is 9.57. The number of hydrogen-bond donors (Lipinski definition) is 1. The number of hydrogen-bond acceptors (Lipinski definition) is 3. The van der Waals surface area contributed by atoms with Crippen LogP contribution in [-0.2, 0) is 22.6 Å². The van der Waals surface area contributed by atoms with Crippen LogP contribution in [0, 0.1) is 12.7 Å². The van der Waals surface area contributed by atoms with Crippen LogP contribution in [0.4, 0.5) is 4.39 Å². The molecule has 0 aromatic heterocycles. The zero-order valence-electron chi connectivity index (χ0n) is 20.1. The second-order valence-electron chi connectivity index (χ2n) is 8.72. The van der Waals surface area contributed by atoms with Gasteiger partial charge in [-0.25, -0.2) is 4.39 Å². The van der Waals surface area contributed by atoms with Crippen LogP contribution >= 0.6 is 15.9 Å². The molecule has 1 N–H and O–H groups in total. The molecule has 0 spiro atoms. The number of nitrogens with zero attached hydrogens (tertiary/aromatic N) is 1. The summed E-state index contributed by atoms with van der Waals surface area (Å²) in [6.07, 6.45) is 0.337. The van der Waals surface area contributed by atoms with Gasteiger partial charge in [0.15, 0.2) is 6.61 Å². The van der Waals surface area contributed by atoms with Crippen LogP contribution in [0.5, 0.6) is 5.75 Å².